The van der Waals surface area contributed by atoms with Crippen molar-refractivity contribution >= 4 is 5.91 Å². The van der Waals surface area contributed by atoms with Gasteiger partial charge in [-0.15, -0.1) is 0 Å². The number of para-hydroxylation sites is 1. The lowest BCUT2D eigenvalue weighted by atomic mass is 9.77. The van der Waals surface area contributed by atoms with E-state index in [4.69, 9.17) is 10.5 Å². The molecule has 0 aliphatic heterocycles. The molecule has 5 nitrogen and oxygen atoms in total. The Labute approximate surface area is 161 Å². The fourth-order valence-electron chi connectivity index (χ4n) is 3.91. The minimum absolute atomic E-state index is 0.105. The Morgan fingerprint density at radius 2 is 1.93 bits per heavy atom. The summed E-state index contributed by atoms with van der Waals surface area (Å²) in [5.74, 6) is 1.46. The predicted octanol–water partition coefficient (Wildman–Crippen LogP) is 3.72. The van der Waals surface area contributed by atoms with Gasteiger partial charge in [-0.3, -0.25) is 9.78 Å². The van der Waals surface area contributed by atoms with Crippen LogP contribution in [0.2, 0.25) is 0 Å². The molecule has 1 aliphatic carbocycles. The van der Waals surface area contributed by atoms with Gasteiger partial charge in [-0.1, -0.05) is 18.2 Å². The third-order valence-electron chi connectivity index (χ3n) is 5.42. The molecule has 0 spiro atoms. The van der Waals surface area contributed by atoms with Gasteiger partial charge in [-0.05, 0) is 75.3 Å². The Morgan fingerprint density at radius 1 is 1.19 bits per heavy atom. The fourth-order valence-corrected chi connectivity index (χ4v) is 3.91. The van der Waals surface area contributed by atoms with Crippen LogP contribution in [0.3, 0.4) is 0 Å². The minimum Gasteiger partial charge on any atom is -0.493 e. The Morgan fingerprint density at radius 3 is 2.59 bits per heavy atom. The zero-order valence-electron chi connectivity index (χ0n) is 15.9. The molecule has 1 aromatic carbocycles. The average Bonchev–Trinajstić information content (AvgIpc) is 2.73. The zero-order valence-corrected chi connectivity index (χ0v) is 15.9. The van der Waals surface area contributed by atoms with E-state index in [0.717, 1.165) is 37.9 Å². The standard InChI is InChI=1S/C22H29N3O2/c1-2-27-20-9-4-3-7-18(20)22(26)25-21(19-8-5-6-14-24-19)17-12-10-16(15-23)11-13-17/h3-9,14,16-17,21H,2,10-13,15,23H2,1H3,(H,25,26)/t16?,17?,21-/m1/s1. The summed E-state index contributed by atoms with van der Waals surface area (Å²) in [6, 6.07) is 13.1. The number of nitrogens with two attached hydrogens (primary N) is 1. The predicted molar refractivity (Wildman–Crippen MR) is 107 cm³/mol. The van der Waals surface area contributed by atoms with E-state index in [9.17, 15) is 4.79 Å². The Hall–Kier alpha value is -2.40. The summed E-state index contributed by atoms with van der Waals surface area (Å²) in [5.41, 5.74) is 7.32. The molecule has 27 heavy (non-hydrogen) atoms. The lowest BCUT2D eigenvalue weighted by molar-refractivity contribution is 0.0901. The number of benzene rings is 1. The quantitative estimate of drug-likeness (QED) is 0.782. The maximum absolute atomic E-state index is 13.0. The van der Waals surface area contributed by atoms with Gasteiger partial charge in [0.1, 0.15) is 5.75 Å². The summed E-state index contributed by atoms with van der Waals surface area (Å²) in [6.45, 7) is 3.19. The molecular weight excluding hydrogens is 338 g/mol. The van der Waals surface area contributed by atoms with E-state index < -0.39 is 0 Å². The highest BCUT2D eigenvalue weighted by Crippen LogP contribution is 2.36. The van der Waals surface area contributed by atoms with Crippen LogP contribution in [-0.2, 0) is 0 Å². The van der Waals surface area contributed by atoms with Crippen LogP contribution in [0.1, 0.15) is 54.7 Å². The second-order valence-corrected chi connectivity index (χ2v) is 7.15. The SMILES string of the molecule is CCOc1ccccc1C(=O)N[C@@H](c1ccccn1)C1CCC(CN)CC1. The Bertz CT molecular complexity index is 727. The van der Waals surface area contributed by atoms with Crippen LogP contribution in [0.25, 0.3) is 0 Å². The highest BCUT2D eigenvalue weighted by Gasteiger charge is 2.30. The summed E-state index contributed by atoms with van der Waals surface area (Å²) in [4.78, 5) is 17.6. The van der Waals surface area contributed by atoms with Crippen LogP contribution in [0.4, 0.5) is 0 Å². The monoisotopic (exact) mass is 367 g/mol. The van der Waals surface area contributed by atoms with Crippen molar-refractivity contribution in [3.8, 4) is 5.75 Å². The fraction of sp³-hybridized carbons (Fsp3) is 0.455. The number of rotatable bonds is 7. The molecule has 5 heteroatoms. The second-order valence-electron chi connectivity index (χ2n) is 7.15. The molecule has 144 valence electrons. The lowest BCUT2D eigenvalue weighted by Crippen LogP contribution is -2.36. The average molecular weight is 367 g/mol. The van der Waals surface area contributed by atoms with Crippen LogP contribution in [0.5, 0.6) is 5.75 Å². The van der Waals surface area contributed by atoms with Gasteiger partial charge in [0.05, 0.1) is 23.9 Å². The topological polar surface area (TPSA) is 77.2 Å². The van der Waals surface area contributed by atoms with Gasteiger partial charge in [0, 0.05) is 6.20 Å². The van der Waals surface area contributed by atoms with Crippen molar-refractivity contribution in [1.82, 2.24) is 10.3 Å². The molecule has 1 amide bonds. The van der Waals surface area contributed by atoms with E-state index in [0.29, 0.717) is 29.8 Å². The maximum Gasteiger partial charge on any atom is 0.255 e. The van der Waals surface area contributed by atoms with Gasteiger partial charge in [0.25, 0.3) is 5.91 Å². The first-order chi connectivity index (χ1) is 13.2. The molecule has 1 atom stereocenters. The zero-order chi connectivity index (χ0) is 19.1. The second kappa shape index (κ2) is 9.51. The third kappa shape index (κ3) is 4.86. The summed E-state index contributed by atoms with van der Waals surface area (Å²) in [5, 5.41) is 3.24. The molecule has 1 aromatic heterocycles. The van der Waals surface area contributed by atoms with Crippen molar-refractivity contribution in [3.63, 3.8) is 0 Å². The van der Waals surface area contributed by atoms with Crippen LogP contribution >= 0.6 is 0 Å². The van der Waals surface area contributed by atoms with E-state index in [2.05, 4.69) is 10.3 Å². The van der Waals surface area contributed by atoms with E-state index in [-0.39, 0.29) is 11.9 Å². The van der Waals surface area contributed by atoms with Crippen molar-refractivity contribution in [2.45, 2.75) is 38.6 Å². The Balaban J connectivity index is 1.81. The number of pyridine rings is 1. The van der Waals surface area contributed by atoms with Crippen molar-refractivity contribution in [1.29, 1.82) is 0 Å². The molecule has 1 heterocycles. The lowest BCUT2D eigenvalue weighted by Gasteiger charge is -2.33. The van der Waals surface area contributed by atoms with Gasteiger partial charge < -0.3 is 15.8 Å². The maximum atomic E-state index is 13.0. The van der Waals surface area contributed by atoms with Crippen molar-refractivity contribution in [2.75, 3.05) is 13.2 Å². The molecule has 2 aromatic rings. The molecule has 0 saturated heterocycles. The van der Waals surface area contributed by atoms with Gasteiger partial charge in [-0.2, -0.15) is 0 Å². The number of ether oxygens (including phenoxy) is 1. The van der Waals surface area contributed by atoms with Gasteiger partial charge in [-0.25, -0.2) is 0 Å². The number of carbonyl (C=O) groups is 1. The number of nitrogens with zero attached hydrogens (tertiary/aromatic N) is 1. The highest BCUT2D eigenvalue weighted by atomic mass is 16.5. The number of hydrogen-bond donors (Lipinski definition) is 2. The smallest absolute Gasteiger partial charge is 0.255 e. The highest BCUT2D eigenvalue weighted by molar-refractivity contribution is 5.97. The van der Waals surface area contributed by atoms with Crippen LogP contribution in [0.15, 0.2) is 48.7 Å². The number of amides is 1. The molecule has 1 fully saturated rings. The number of carbonyl (C=O) groups excluding carboxylic acids is 1. The van der Waals surface area contributed by atoms with Crippen LogP contribution < -0.4 is 15.8 Å². The van der Waals surface area contributed by atoms with Crippen molar-refractivity contribution < 1.29 is 9.53 Å². The van der Waals surface area contributed by atoms with E-state index in [1.165, 1.54) is 0 Å². The summed E-state index contributed by atoms with van der Waals surface area (Å²) in [7, 11) is 0. The minimum atomic E-state index is -0.115. The Kier molecular flexibility index (Phi) is 6.82. The first-order valence-corrected chi connectivity index (χ1v) is 9.86. The normalized spacial score (nSPS) is 20.7. The molecule has 0 radical (unpaired) electrons. The molecule has 0 bridgehead atoms. The number of nitrogens with one attached hydrogen (secondary N) is 1. The first-order valence-electron chi connectivity index (χ1n) is 9.86. The van der Waals surface area contributed by atoms with Gasteiger partial charge in [0.15, 0.2) is 0 Å². The molecular formula is C22H29N3O2. The number of aromatic nitrogens is 1. The molecule has 3 N–H and O–H groups in total. The first kappa shape index (κ1) is 19.4. The van der Waals surface area contributed by atoms with Gasteiger partial charge in [0.2, 0.25) is 0 Å². The third-order valence-corrected chi connectivity index (χ3v) is 5.42. The summed E-state index contributed by atoms with van der Waals surface area (Å²) < 4.78 is 5.63. The van der Waals surface area contributed by atoms with E-state index in [1.807, 2.05) is 43.3 Å². The van der Waals surface area contributed by atoms with E-state index in [1.54, 1.807) is 12.3 Å². The molecule has 1 aliphatic rings. The van der Waals surface area contributed by atoms with Crippen LogP contribution in [0, 0.1) is 11.8 Å². The van der Waals surface area contributed by atoms with Gasteiger partial charge >= 0.3 is 0 Å². The van der Waals surface area contributed by atoms with Crippen LogP contribution in [-0.4, -0.2) is 24.0 Å². The number of hydrogen-bond acceptors (Lipinski definition) is 4. The summed E-state index contributed by atoms with van der Waals surface area (Å²) >= 11 is 0. The summed E-state index contributed by atoms with van der Waals surface area (Å²) in [6.07, 6.45) is 6.10. The van der Waals surface area contributed by atoms with Crippen molar-refractivity contribution in [3.05, 3.63) is 59.9 Å². The molecule has 3 rings (SSSR count). The van der Waals surface area contributed by atoms with E-state index >= 15 is 0 Å². The molecule has 1 saturated carbocycles. The largest absolute Gasteiger partial charge is 0.493 e. The van der Waals surface area contributed by atoms with Crippen molar-refractivity contribution in [2.24, 2.45) is 17.6 Å². The molecule has 0 unspecified atom stereocenters.